The first-order valence-electron chi connectivity index (χ1n) is 11.0. The van der Waals surface area contributed by atoms with Crippen molar-refractivity contribution < 1.29 is 43.9 Å². The van der Waals surface area contributed by atoms with Crippen LogP contribution >= 0.6 is 0 Å². The fraction of sp³-hybridized carbons (Fsp3) is 0.440. The zero-order valence-electron chi connectivity index (χ0n) is 19.1. The summed E-state index contributed by atoms with van der Waals surface area (Å²) < 4.78 is 21.6. The number of esters is 2. The third-order valence-corrected chi connectivity index (χ3v) is 5.57. The predicted molar refractivity (Wildman–Crippen MR) is 120 cm³/mol. The molecule has 3 rings (SSSR count). The van der Waals surface area contributed by atoms with Gasteiger partial charge in [0.2, 0.25) is 6.29 Å². The smallest absolute Gasteiger partial charge is 0.302 e. The maximum absolute atomic E-state index is 11.5. The first kappa shape index (κ1) is 25.6. The minimum absolute atomic E-state index is 0.0900. The highest BCUT2D eigenvalue weighted by Gasteiger charge is 2.56. The molecule has 0 amide bonds. The highest BCUT2D eigenvalue weighted by Crippen LogP contribution is 2.35. The third kappa shape index (κ3) is 6.54. The van der Waals surface area contributed by atoms with Crippen molar-refractivity contribution in [2.45, 2.75) is 56.9 Å². The van der Waals surface area contributed by atoms with Crippen molar-refractivity contribution in [2.24, 2.45) is 0 Å². The Hall–Kier alpha value is -2.98. The molecule has 1 fully saturated rings. The van der Waals surface area contributed by atoms with E-state index in [9.17, 15) is 24.9 Å². The second-order valence-corrected chi connectivity index (χ2v) is 8.25. The minimum Gasteiger partial charge on any atom is -0.466 e. The highest BCUT2D eigenvalue weighted by molar-refractivity contribution is 5.66. The molecule has 0 spiro atoms. The van der Waals surface area contributed by atoms with E-state index >= 15 is 0 Å². The fourth-order valence-corrected chi connectivity index (χ4v) is 3.74. The lowest BCUT2D eigenvalue weighted by Crippen LogP contribution is -2.69. The van der Waals surface area contributed by atoms with Crippen LogP contribution in [0.1, 0.15) is 25.0 Å². The quantitative estimate of drug-likeness (QED) is 0.458. The van der Waals surface area contributed by atoms with Crippen molar-refractivity contribution in [3.63, 3.8) is 0 Å². The lowest BCUT2D eigenvalue weighted by molar-refractivity contribution is -0.320. The van der Waals surface area contributed by atoms with E-state index < -0.39 is 36.2 Å². The molecule has 5 atom stereocenters. The number of para-hydroxylation sites is 1. The molecular weight excluding hydrogens is 444 g/mol. The molecule has 1 aliphatic heterocycles. The van der Waals surface area contributed by atoms with Gasteiger partial charge >= 0.3 is 11.9 Å². The number of benzene rings is 2. The molecule has 0 aliphatic carbocycles. The average molecular weight is 475 g/mol. The fourth-order valence-electron chi connectivity index (χ4n) is 3.74. The van der Waals surface area contributed by atoms with Crippen LogP contribution in [0, 0.1) is 0 Å². The lowest BCUT2D eigenvalue weighted by Gasteiger charge is -2.47. The van der Waals surface area contributed by atoms with Crippen LogP contribution in [0.25, 0.3) is 0 Å². The summed E-state index contributed by atoms with van der Waals surface area (Å²) in [6.07, 6.45) is -5.20. The van der Waals surface area contributed by atoms with Gasteiger partial charge in [-0.15, -0.1) is 0 Å². The number of hydrogen-bond acceptors (Lipinski definition) is 9. The molecule has 0 saturated carbocycles. The van der Waals surface area contributed by atoms with E-state index in [0.29, 0.717) is 17.7 Å². The van der Waals surface area contributed by atoms with Crippen LogP contribution in [-0.2, 0) is 36.6 Å². The Labute approximate surface area is 197 Å². The van der Waals surface area contributed by atoms with Gasteiger partial charge in [-0.25, -0.2) is 0 Å². The van der Waals surface area contributed by atoms with Gasteiger partial charge in [-0.2, -0.15) is 0 Å². The molecule has 9 nitrogen and oxygen atoms in total. The zero-order chi connectivity index (χ0) is 24.7. The van der Waals surface area contributed by atoms with Gasteiger partial charge in [-0.3, -0.25) is 9.59 Å². The van der Waals surface area contributed by atoms with E-state index in [1.807, 2.05) is 12.1 Å². The van der Waals surface area contributed by atoms with Crippen molar-refractivity contribution in [1.82, 2.24) is 0 Å². The minimum atomic E-state index is -2.01. The average Bonchev–Trinajstić information content (AvgIpc) is 2.80. The van der Waals surface area contributed by atoms with Crippen LogP contribution in [0.2, 0.25) is 0 Å². The summed E-state index contributed by atoms with van der Waals surface area (Å²) in [6, 6.07) is 15.8. The molecule has 1 heterocycles. The predicted octanol–water partition coefficient (Wildman–Crippen LogP) is 1.15. The summed E-state index contributed by atoms with van der Waals surface area (Å²) in [5, 5.41) is 33.1. The van der Waals surface area contributed by atoms with Crippen LogP contribution < -0.4 is 4.74 Å². The van der Waals surface area contributed by atoms with Crippen molar-refractivity contribution in [1.29, 1.82) is 0 Å². The molecule has 0 radical (unpaired) electrons. The van der Waals surface area contributed by atoms with E-state index in [-0.39, 0.29) is 25.6 Å². The number of rotatable bonds is 9. The van der Waals surface area contributed by atoms with E-state index in [1.165, 1.54) is 13.8 Å². The molecule has 2 aromatic carbocycles. The maximum Gasteiger partial charge on any atom is 0.302 e. The molecule has 1 aliphatic rings. The van der Waals surface area contributed by atoms with Gasteiger partial charge in [0, 0.05) is 26.7 Å². The van der Waals surface area contributed by atoms with Gasteiger partial charge in [0.15, 0.2) is 5.60 Å². The number of aliphatic hydroxyl groups excluding tert-OH is 2. The number of carbonyl (C=O) groups is 2. The Bertz CT molecular complexity index is 947. The summed E-state index contributed by atoms with van der Waals surface area (Å²) in [4.78, 5) is 22.1. The molecule has 0 unspecified atom stereocenters. The monoisotopic (exact) mass is 474 g/mol. The van der Waals surface area contributed by atoms with Crippen LogP contribution in [0.3, 0.4) is 0 Å². The molecule has 184 valence electrons. The Morgan fingerprint density at radius 1 is 0.941 bits per heavy atom. The highest BCUT2D eigenvalue weighted by atomic mass is 16.7. The molecule has 0 bridgehead atoms. The Kier molecular flexibility index (Phi) is 8.62. The second kappa shape index (κ2) is 11.4. The van der Waals surface area contributed by atoms with Crippen molar-refractivity contribution >= 4 is 11.9 Å². The molecule has 34 heavy (non-hydrogen) atoms. The van der Waals surface area contributed by atoms with Gasteiger partial charge in [0.05, 0.1) is 6.61 Å². The Morgan fingerprint density at radius 2 is 1.56 bits per heavy atom. The molecule has 2 aromatic rings. The third-order valence-electron chi connectivity index (χ3n) is 5.57. The van der Waals surface area contributed by atoms with Crippen LogP contribution in [0.5, 0.6) is 5.75 Å². The number of carbonyl (C=O) groups excluding carboxylic acids is 2. The SMILES string of the molecule is CC(=O)OCCc1ccc(C[C@]2(O)[C@H](Oc3ccccc3)O[C@H](COC(C)=O)[C@@H](O)[C@@H]2O)cc1. The maximum atomic E-state index is 11.5. The van der Waals surface area contributed by atoms with Crippen LogP contribution in [0.15, 0.2) is 54.6 Å². The Balaban J connectivity index is 1.79. The molecule has 3 N–H and O–H groups in total. The van der Waals surface area contributed by atoms with Crippen molar-refractivity contribution in [3.8, 4) is 5.75 Å². The van der Waals surface area contributed by atoms with Gasteiger partial charge in [-0.1, -0.05) is 42.5 Å². The number of aliphatic hydroxyl groups is 3. The molecule has 1 saturated heterocycles. The largest absolute Gasteiger partial charge is 0.466 e. The normalized spacial score (nSPS) is 26.5. The van der Waals surface area contributed by atoms with Gasteiger partial charge < -0.3 is 34.3 Å². The Morgan fingerprint density at radius 3 is 2.18 bits per heavy atom. The first-order chi connectivity index (χ1) is 16.2. The topological polar surface area (TPSA) is 132 Å². The van der Waals surface area contributed by atoms with Gasteiger partial charge in [0.25, 0.3) is 0 Å². The summed E-state index contributed by atoms with van der Waals surface area (Å²) >= 11 is 0. The van der Waals surface area contributed by atoms with Crippen LogP contribution in [-0.4, -0.2) is 70.7 Å². The molecular formula is C25H30O9. The van der Waals surface area contributed by atoms with E-state index in [1.54, 1.807) is 42.5 Å². The van der Waals surface area contributed by atoms with Crippen molar-refractivity contribution in [3.05, 3.63) is 65.7 Å². The second-order valence-electron chi connectivity index (χ2n) is 8.25. The zero-order valence-corrected chi connectivity index (χ0v) is 19.1. The van der Waals surface area contributed by atoms with E-state index in [4.69, 9.17) is 18.9 Å². The van der Waals surface area contributed by atoms with Crippen molar-refractivity contribution in [2.75, 3.05) is 13.2 Å². The van der Waals surface area contributed by atoms with Crippen LogP contribution in [0.4, 0.5) is 0 Å². The van der Waals surface area contributed by atoms with Gasteiger partial charge in [-0.05, 0) is 23.3 Å². The summed E-state index contributed by atoms with van der Waals surface area (Å²) in [5.41, 5.74) is -0.425. The summed E-state index contributed by atoms with van der Waals surface area (Å²) in [5.74, 6) is -0.526. The molecule has 0 aromatic heterocycles. The van der Waals surface area contributed by atoms with Gasteiger partial charge in [0.1, 0.15) is 30.7 Å². The number of ether oxygens (including phenoxy) is 4. The van der Waals surface area contributed by atoms with E-state index in [0.717, 1.165) is 5.56 Å². The summed E-state index contributed by atoms with van der Waals surface area (Å²) in [6.45, 7) is 2.51. The standard InChI is InChI=1S/C25H30O9/c1-16(26)31-13-12-18-8-10-19(11-9-18)14-25(30)23(29)22(28)21(15-32-17(2)27)34-24(25)33-20-6-4-3-5-7-20/h3-11,21-24,28-30H,12-15H2,1-2H3/t21-,22-,23+,24-,25-/m1/s1. The lowest BCUT2D eigenvalue weighted by atomic mass is 9.81. The molecule has 9 heteroatoms. The van der Waals surface area contributed by atoms with E-state index in [2.05, 4.69) is 0 Å². The summed E-state index contributed by atoms with van der Waals surface area (Å²) in [7, 11) is 0. The first-order valence-corrected chi connectivity index (χ1v) is 11.0. The number of hydrogen-bond donors (Lipinski definition) is 3.